The van der Waals surface area contributed by atoms with Gasteiger partial charge in [0.05, 0.1) is 5.69 Å². The lowest BCUT2D eigenvalue weighted by molar-refractivity contribution is 0.565. The monoisotopic (exact) mass is 306 g/mol. The molecule has 0 aromatic heterocycles. The molecule has 0 radical (unpaired) electrons. The zero-order valence-corrected chi connectivity index (χ0v) is 12.3. The Hall–Kier alpha value is -1.59. The summed E-state index contributed by atoms with van der Waals surface area (Å²) in [5.41, 5.74) is 1.10. The van der Waals surface area contributed by atoms with Crippen LogP contribution in [-0.2, 0) is 0 Å². The average Bonchev–Trinajstić information content (AvgIpc) is 2.51. The van der Waals surface area contributed by atoms with Gasteiger partial charge in [0.15, 0.2) is 0 Å². The first-order valence-electron chi connectivity index (χ1n) is 6.91. The van der Waals surface area contributed by atoms with Gasteiger partial charge in [0.1, 0.15) is 11.6 Å². The van der Waals surface area contributed by atoms with Gasteiger partial charge in [0.25, 0.3) is 0 Å². The van der Waals surface area contributed by atoms with Gasteiger partial charge in [-0.1, -0.05) is 23.9 Å². The van der Waals surface area contributed by atoms with Gasteiger partial charge in [0, 0.05) is 42.0 Å². The molecule has 1 aliphatic rings. The van der Waals surface area contributed by atoms with Crippen molar-refractivity contribution in [1.29, 1.82) is 0 Å². The maximum Gasteiger partial charge on any atom is 0.140 e. The van der Waals surface area contributed by atoms with E-state index in [1.54, 1.807) is 0 Å². The molecule has 110 valence electrons. The van der Waals surface area contributed by atoms with Gasteiger partial charge in [-0.15, -0.1) is 0 Å². The van der Waals surface area contributed by atoms with Crippen LogP contribution in [0.2, 0.25) is 0 Å². The fraction of sp³-hybridized carbons (Fsp3) is 0.250. The summed E-state index contributed by atoms with van der Waals surface area (Å²) in [5, 5.41) is 3.32. The second kappa shape index (κ2) is 6.45. The van der Waals surface area contributed by atoms with Crippen LogP contribution in [-0.4, -0.2) is 26.2 Å². The van der Waals surface area contributed by atoms with Crippen LogP contribution in [0.4, 0.5) is 14.5 Å². The predicted molar refractivity (Wildman–Crippen MR) is 82.0 cm³/mol. The molecule has 1 heterocycles. The number of benzene rings is 2. The average molecular weight is 306 g/mol. The van der Waals surface area contributed by atoms with Crippen molar-refractivity contribution in [2.24, 2.45) is 0 Å². The normalized spacial score (nSPS) is 15.2. The SMILES string of the molecule is Fc1ccc(Sc2ccccc2N2CCNCC2)c(F)c1. The number of para-hydroxylation sites is 1. The van der Waals surface area contributed by atoms with Crippen molar-refractivity contribution in [1.82, 2.24) is 5.32 Å². The standard InChI is InChI=1S/C16H16F2N2S/c17-12-5-6-15(13(18)11-12)21-16-4-2-1-3-14(16)20-9-7-19-8-10-20/h1-6,11,19H,7-10H2. The van der Waals surface area contributed by atoms with Gasteiger partial charge >= 0.3 is 0 Å². The highest BCUT2D eigenvalue weighted by Crippen LogP contribution is 2.36. The number of anilines is 1. The van der Waals surface area contributed by atoms with Crippen molar-refractivity contribution >= 4 is 17.4 Å². The van der Waals surface area contributed by atoms with Crippen LogP contribution in [0.25, 0.3) is 0 Å². The van der Waals surface area contributed by atoms with E-state index in [2.05, 4.69) is 16.3 Å². The third kappa shape index (κ3) is 3.36. The lowest BCUT2D eigenvalue weighted by Gasteiger charge is -2.31. The number of piperazine rings is 1. The van der Waals surface area contributed by atoms with Crippen LogP contribution < -0.4 is 10.2 Å². The molecule has 1 fully saturated rings. The molecule has 1 saturated heterocycles. The first kappa shape index (κ1) is 14.4. The highest BCUT2D eigenvalue weighted by molar-refractivity contribution is 7.99. The molecule has 2 nitrogen and oxygen atoms in total. The molecule has 1 N–H and O–H groups in total. The van der Waals surface area contributed by atoms with E-state index in [0.717, 1.165) is 42.8 Å². The van der Waals surface area contributed by atoms with E-state index in [1.165, 1.54) is 23.9 Å². The Bertz CT molecular complexity index is 627. The number of halogens is 2. The van der Waals surface area contributed by atoms with E-state index in [1.807, 2.05) is 18.2 Å². The summed E-state index contributed by atoms with van der Waals surface area (Å²) >= 11 is 1.34. The molecule has 0 atom stereocenters. The number of nitrogens with one attached hydrogen (secondary N) is 1. The molecule has 0 amide bonds. The minimum atomic E-state index is -0.549. The van der Waals surface area contributed by atoms with Gasteiger partial charge in [-0.05, 0) is 24.3 Å². The molecule has 0 spiro atoms. The summed E-state index contributed by atoms with van der Waals surface area (Å²) in [7, 11) is 0. The highest BCUT2D eigenvalue weighted by atomic mass is 32.2. The Labute approximate surface area is 127 Å². The molecule has 0 saturated carbocycles. The number of hydrogen-bond donors (Lipinski definition) is 1. The Morgan fingerprint density at radius 2 is 1.71 bits per heavy atom. The fourth-order valence-electron chi connectivity index (χ4n) is 2.39. The van der Waals surface area contributed by atoms with Crippen molar-refractivity contribution in [2.45, 2.75) is 9.79 Å². The smallest absolute Gasteiger partial charge is 0.140 e. The largest absolute Gasteiger partial charge is 0.368 e. The molecule has 5 heteroatoms. The summed E-state index contributed by atoms with van der Waals surface area (Å²) < 4.78 is 26.8. The topological polar surface area (TPSA) is 15.3 Å². The maximum absolute atomic E-state index is 13.8. The zero-order chi connectivity index (χ0) is 14.7. The van der Waals surface area contributed by atoms with Crippen LogP contribution in [0.5, 0.6) is 0 Å². The summed E-state index contributed by atoms with van der Waals surface area (Å²) in [6.45, 7) is 3.76. The van der Waals surface area contributed by atoms with Crippen molar-refractivity contribution in [3.8, 4) is 0 Å². The van der Waals surface area contributed by atoms with E-state index in [0.29, 0.717) is 4.90 Å². The Morgan fingerprint density at radius 1 is 0.952 bits per heavy atom. The van der Waals surface area contributed by atoms with Crippen molar-refractivity contribution < 1.29 is 8.78 Å². The fourth-order valence-corrected chi connectivity index (χ4v) is 3.36. The minimum Gasteiger partial charge on any atom is -0.368 e. The van der Waals surface area contributed by atoms with Gasteiger partial charge in [0.2, 0.25) is 0 Å². The van der Waals surface area contributed by atoms with Gasteiger partial charge < -0.3 is 10.2 Å². The van der Waals surface area contributed by atoms with Crippen LogP contribution >= 0.6 is 11.8 Å². The second-order valence-electron chi connectivity index (χ2n) is 4.88. The molecule has 0 unspecified atom stereocenters. The van der Waals surface area contributed by atoms with Gasteiger partial charge in [-0.3, -0.25) is 0 Å². The summed E-state index contributed by atoms with van der Waals surface area (Å²) in [6, 6.07) is 11.7. The van der Waals surface area contributed by atoms with Crippen LogP contribution in [0.3, 0.4) is 0 Å². The predicted octanol–water partition coefficient (Wildman–Crippen LogP) is 3.53. The molecule has 3 rings (SSSR count). The lowest BCUT2D eigenvalue weighted by Crippen LogP contribution is -2.43. The highest BCUT2D eigenvalue weighted by Gasteiger charge is 2.15. The van der Waals surface area contributed by atoms with Gasteiger partial charge in [-0.25, -0.2) is 8.78 Å². The van der Waals surface area contributed by atoms with E-state index in [4.69, 9.17) is 0 Å². The number of rotatable bonds is 3. The summed E-state index contributed by atoms with van der Waals surface area (Å²) in [4.78, 5) is 3.73. The van der Waals surface area contributed by atoms with Crippen LogP contribution in [0.1, 0.15) is 0 Å². The van der Waals surface area contributed by atoms with E-state index in [-0.39, 0.29) is 0 Å². The Morgan fingerprint density at radius 3 is 2.48 bits per heavy atom. The second-order valence-corrected chi connectivity index (χ2v) is 5.97. The molecule has 0 aliphatic carbocycles. The first-order chi connectivity index (χ1) is 10.2. The lowest BCUT2D eigenvalue weighted by atomic mass is 10.2. The quantitative estimate of drug-likeness (QED) is 0.934. The Balaban J connectivity index is 1.88. The van der Waals surface area contributed by atoms with Crippen molar-refractivity contribution in [2.75, 3.05) is 31.1 Å². The molecule has 2 aromatic carbocycles. The van der Waals surface area contributed by atoms with Crippen LogP contribution in [0.15, 0.2) is 52.3 Å². The molecular formula is C16H16F2N2S. The molecule has 0 bridgehead atoms. The third-order valence-electron chi connectivity index (χ3n) is 3.44. The van der Waals surface area contributed by atoms with Gasteiger partial charge in [-0.2, -0.15) is 0 Å². The maximum atomic E-state index is 13.8. The molecule has 1 aliphatic heterocycles. The first-order valence-corrected chi connectivity index (χ1v) is 7.73. The van der Waals surface area contributed by atoms with E-state index in [9.17, 15) is 8.78 Å². The zero-order valence-electron chi connectivity index (χ0n) is 11.5. The molecule has 21 heavy (non-hydrogen) atoms. The van der Waals surface area contributed by atoms with Crippen molar-refractivity contribution in [3.05, 3.63) is 54.1 Å². The Kier molecular flexibility index (Phi) is 4.41. The number of hydrogen-bond acceptors (Lipinski definition) is 3. The third-order valence-corrected chi connectivity index (χ3v) is 4.55. The number of nitrogens with zero attached hydrogens (tertiary/aromatic N) is 1. The molecule has 2 aromatic rings. The van der Waals surface area contributed by atoms with E-state index < -0.39 is 11.6 Å². The van der Waals surface area contributed by atoms with Crippen molar-refractivity contribution in [3.63, 3.8) is 0 Å². The minimum absolute atomic E-state index is 0.444. The van der Waals surface area contributed by atoms with Crippen LogP contribution in [0, 0.1) is 11.6 Å². The summed E-state index contributed by atoms with van der Waals surface area (Å²) in [6.07, 6.45) is 0. The molecular weight excluding hydrogens is 290 g/mol. The summed E-state index contributed by atoms with van der Waals surface area (Å²) in [5.74, 6) is -1.07. The van der Waals surface area contributed by atoms with E-state index >= 15 is 0 Å².